The van der Waals surface area contributed by atoms with Gasteiger partial charge in [-0.15, -0.1) is 0 Å². The van der Waals surface area contributed by atoms with Crippen molar-refractivity contribution in [1.82, 2.24) is 0 Å². The van der Waals surface area contributed by atoms with Gasteiger partial charge in [0.2, 0.25) is 0 Å². The zero-order valence-electron chi connectivity index (χ0n) is 16.9. The zero-order valence-corrected chi connectivity index (χ0v) is 17.7. The zero-order chi connectivity index (χ0) is 24.7. The van der Waals surface area contributed by atoms with Gasteiger partial charge in [-0.05, 0) is 42.3 Å². The highest BCUT2D eigenvalue weighted by atomic mass is 32.2. The molecule has 176 valence electrons. The summed E-state index contributed by atoms with van der Waals surface area (Å²) in [6.07, 6.45) is -11.9. The Labute approximate surface area is 185 Å². The first-order valence-corrected chi connectivity index (χ1v) is 10.8. The number of hydrogen-bond donors (Lipinski definition) is 2. The van der Waals surface area contributed by atoms with E-state index in [0.717, 1.165) is 17.7 Å². The average Bonchev–Trinajstić information content (AvgIpc) is 2.72. The van der Waals surface area contributed by atoms with Crippen LogP contribution in [-0.4, -0.2) is 25.9 Å². The molecule has 0 aliphatic rings. The van der Waals surface area contributed by atoms with Crippen LogP contribution in [0.3, 0.4) is 0 Å². The van der Waals surface area contributed by atoms with Crippen LogP contribution in [0.1, 0.15) is 11.1 Å². The molecule has 0 atom stereocenters. The van der Waals surface area contributed by atoms with Crippen molar-refractivity contribution in [3.8, 4) is 11.1 Å². The third kappa shape index (κ3) is 4.83. The summed E-state index contributed by atoms with van der Waals surface area (Å²) in [4.78, 5) is 0.0505. The van der Waals surface area contributed by atoms with Crippen molar-refractivity contribution in [3.63, 3.8) is 0 Å². The molecular weight excluding hydrogens is 472 g/mol. The molecule has 0 heterocycles. The first kappa shape index (κ1) is 24.6. The van der Waals surface area contributed by atoms with Gasteiger partial charge in [-0.2, -0.15) is 26.3 Å². The quantitative estimate of drug-likeness (QED) is 0.447. The Bertz CT molecular complexity index is 1200. The van der Waals surface area contributed by atoms with Gasteiger partial charge in [-0.25, -0.2) is 8.42 Å². The fraction of sp³-hybridized carbons (Fsp3) is 0.182. The summed E-state index contributed by atoms with van der Waals surface area (Å²) in [6.45, 7) is 1.81. The van der Waals surface area contributed by atoms with E-state index in [-0.39, 0.29) is 16.1 Å². The maximum absolute atomic E-state index is 13.0. The van der Waals surface area contributed by atoms with E-state index in [0.29, 0.717) is 17.7 Å². The lowest BCUT2D eigenvalue weighted by atomic mass is 9.90. The molecule has 0 radical (unpaired) electrons. The lowest BCUT2D eigenvalue weighted by Gasteiger charge is -2.32. The Hall–Kier alpha value is -3.05. The van der Waals surface area contributed by atoms with Crippen molar-refractivity contribution >= 4 is 15.7 Å². The number of rotatable bonds is 5. The van der Waals surface area contributed by atoms with Crippen molar-refractivity contribution in [1.29, 1.82) is 0 Å². The monoisotopic (exact) mass is 489 g/mol. The molecule has 4 nitrogen and oxygen atoms in total. The van der Waals surface area contributed by atoms with Gasteiger partial charge in [0.05, 0.1) is 4.90 Å². The summed E-state index contributed by atoms with van der Waals surface area (Å²) in [5.74, 6) is 0. The van der Waals surface area contributed by atoms with E-state index in [1.165, 1.54) is 36.4 Å². The van der Waals surface area contributed by atoms with E-state index in [1.807, 2.05) is 6.92 Å². The molecule has 0 unspecified atom stereocenters. The van der Waals surface area contributed by atoms with Crippen molar-refractivity contribution < 1.29 is 39.9 Å². The van der Waals surface area contributed by atoms with Gasteiger partial charge in [0.1, 0.15) is 0 Å². The van der Waals surface area contributed by atoms with Crippen LogP contribution in [0, 0.1) is 6.92 Å². The molecule has 0 saturated heterocycles. The molecule has 0 aliphatic carbocycles. The number of anilines is 1. The smallest absolute Gasteiger partial charge is 0.369 e. The summed E-state index contributed by atoms with van der Waals surface area (Å²) >= 11 is 0. The summed E-state index contributed by atoms with van der Waals surface area (Å²) in [6, 6.07) is 14.9. The van der Waals surface area contributed by atoms with E-state index < -0.39 is 33.5 Å². The molecule has 0 aromatic heterocycles. The van der Waals surface area contributed by atoms with Crippen LogP contribution in [0.5, 0.6) is 0 Å². The van der Waals surface area contributed by atoms with E-state index in [1.54, 1.807) is 12.1 Å². The minimum Gasteiger partial charge on any atom is -0.369 e. The van der Waals surface area contributed by atoms with Gasteiger partial charge < -0.3 is 5.11 Å². The Balaban J connectivity index is 1.84. The van der Waals surface area contributed by atoms with Crippen molar-refractivity contribution in [2.24, 2.45) is 0 Å². The van der Waals surface area contributed by atoms with Crippen molar-refractivity contribution in [2.45, 2.75) is 29.8 Å². The summed E-state index contributed by atoms with van der Waals surface area (Å²) in [7, 11) is -3.85. The van der Waals surface area contributed by atoms with Crippen LogP contribution in [0.2, 0.25) is 0 Å². The molecule has 0 fully saturated rings. The van der Waals surface area contributed by atoms with E-state index in [4.69, 9.17) is 0 Å². The highest BCUT2D eigenvalue weighted by Crippen LogP contribution is 2.50. The van der Waals surface area contributed by atoms with Crippen LogP contribution in [-0.2, 0) is 15.6 Å². The van der Waals surface area contributed by atoms with Crippen LogP contribution >= 0.6 is 0 Å². The largest absolute Gasteiger partial charge is 0.430 e. The van der Waals surface area contributed by atoms with E-state index >= 15 is 0 Å². The minimum atomic E-state index is -5.97. The number of alkyl halides is 6. The number of hydrogen-bond acceptors (Lipinski definition) is 3. The molecule has 3 rings (SSSR count). The third-order valence-corrected chi connectivity index (χ3v) is 6.32. The summed E-state index contributed by atoms with van der Waals surface area (Å²) in [5, 5.41) is 9.46. The first-order chi connectivity index (χ1) is 15.1. The number of benzene rings is 3. The van der Waals surface area contributed by atoms with Crippen LogP contribution < -0.4 is 4.72 Å². The predicted molar refractivity (Wildman–Crippen MR) is 110 cm³/mol. The van der Waals surface area contributed by atoms with Gasteiger partial charge in [0.25, 0.3) is 15.6 Å². The van der Waals surface area contributed by atoms with E-state index in [9.17, 15) is 39.9 Å². The lowest BCUT2D eigenvalue weighted by molar-refractivity contribution is -0.376. The Morgan fingerprint density at radius 3 is 1.55 bits per heavy atom. The summed E-state index contributed by atoms with van der Waals surface area (Å²) in [5.41, 5.74) is -4.61. The molecule has 0 saturated carbocycles. The maximum Gasteiger partial charge on any atom is 0.430 e. The second-order valence-electron chi connectivity index (χ2n) is 7.28. The van der Waals surface area contributed by atoms with Crippen LogP contribution in [0.4, 0.5) is 32.0 Å². The van der Waals surface area contributed by atoms with Crippen molar-refractivity contribution in [3.05, 3.63) is 83.9 Å². The molecule has 0 aliphatic heterocycles. The lowest BCUT2D eigenvalue weighted by Crippen LogP contribution is -2.53. The van der Waals surface area contributed by atoms with E-state index in [2.05, 4.69) is 4.72 Å². The predicted octanol–water partition coefficient (Wildman–Crippen LogP) is 5.78. The Morgan fingerprint density at radius 1 is 0.697 bits per heavy atom. The molecule has 33 heavy (non-hydrogen) atoms. The highest BCUT2D eigenvalue weighted by Gasteiger charge is 2.71. The molecule has 2 N–H and O–H groups in total. The number of aryl methyl sites for hydroxylation is 1. The number of halogens is 6. The van der Waals surface area contributed by atoms with Gasteiger partial charge in [-0.1, -0.05) is 54.1 Å². The second kappa shape index (κ2) is 8.38. The SMILES string of the molecule is Cc1ccc(S(=O)(=O)Nc2ccc(-c3ccc(C(O)(C(F)(F)F)C(F)(F)F)cc3)cc2)cc1. The van der Waals surface area contributed by atoms with Crippen LogP contribution in [0.15, 0.2) is 77.7 Å². The van der Waals surface area contributed by atoms with Gasteiger partial charge in [0.15, 0.2) is 0 Å². The average molecular weight is 489 g/mol. The molecule has 0 spiro atoms. The number of nitrogens with one attached hydrogen (secondary N) is 1. The highest BCUT2D eigenvalue weighted by molar-refractivity contribution is 7.92. The molecule has 3 aromatic carbocycles. The molecule has 0 amide bonds. The van der Waals surface area contributed by atoms with Gasteiger partial charge >= 0.3 is 12.4 Å². The van der Waals surface area contributed by atoms with Gasteiger partial charge in [-0.3, -0.25) is 4.72 Å². The standard InChI is InChI=1S/C22H17F6NO3S/c1-14-2-12-19(13-3-14)33(31,32)29-18-10-6-16(7-11-18)15-4-8-17(9-5-15)20(30,21(23,24)25)22(26,27)28/h2-13,29-30H,1H3. The summed E-state index contributed by atoms with van der Waals surface area (Å²) < 4.78 is 105. The Morgan fingerprint density at radius 2 is 1.12 bits per heavy atom. The number of aliphatic hydroxyl groups is 1. The fourth-order valence-corrected chi connectivity index (χ4v) is 4.11. The molecular formula is C22H17F6NO3S. The molecule has 0 bridgehead atoms. The third-order valence-electron chi connectivity index (χ3n) is 4.92. The molecule has 11 heteroatoms. The second-order valence-corrected chi connectivity index (χ2v) is 8.96. The molecule has 3 aromatic rings. The topological polar surface area (TPSA) is 66.4 Å². The van der Waals surface area contributed by atoms with Crippen LogP contribution in [0.25, 0.3) is 11.1 Å². The maximum atomic E-state index is 13.0. The van der Waals surface area contributed by atoms with Gasteiger partial charge in [0, 0.05) is 11.3 Å². The number of sulfonamides is 1. The normalized spacial score (nSPS) is 13.1. The fourth-order valence-electron chi connectivity index (χ4n) is 3.05. The first-order valence-electron chi connectivity index (χ1n) is 9.31. The van der Waals surface area contributed by atoms with Crippen molar-refractivity contribution in [2.75, 3.05) is 4.72 Å². The Kier molecular flexibility index (Phi) is 6.24. The minimum absolute atomic E-state index is 0.0505.